The van der Waals surface area contributed by atoms with Crippen LogP contribution in [0.15, 0.2) is 23.3 Å². The lowest BCUT2D eigenvalue weighted by Gasteiger charge is -2.54. The fourth-order valence-electron chi connectivity index (χ4n) is 8.47. The van der Waals surface area contributed by atoms with Crippen LogP contribution < -0.4 is 5.32 Å². The molecule has 8 atom stereocenters. The van der Waals surface area contributed by atoms with Gasteiger partial charge in [0.05, 0.1) is 6.61 Å². The van der Waals surface area contributed by atoms with Gasteiger partial charge < -0.3 is 15.3 Å². The third-order valence-electron chi connectivity index (χ3n) is 11.0. The molecule has 170 valence electrons. The van der Waals surface area contributed by atoms with Crippen LogP contribution in [0.3, 0.4) is 0 Å². The Labute approximate surface area is 185 Å². The van der Waals surface area contributed by atoms with E-state index in [-0.39, 0.29) is 12.0 Å². The first-order valence-corrected chi connectivity index (χ1v) is 12.5. The molecule has 30 heavy (non-hydrogen) atoms. The standard InChI is InChI=1S/C27H46N2O/c1-18(29(6)7)21-13-15-27(4)23-10-9-22-19(16-20(23)12-14-26(21,27)3)8-11-24(28-5)25(22,2)17-30/h12,16,18,21-24,28,30H,8-11,13-15,17H2,1-7H3/t18-,21+,22+,23+,24-,25+,26+,27-/m0/s1. The highest BCUT2D eigenvalue weighted by atomic mass is 16.3. The van der Waals surface area contributed by atoms with Gasteiger partial charge in [-0.1, -0.05) is 38.5 Å². The van der Waals surface area contributed by atoms with Crippen molar-refractivity contribution in [3.63, 3.8) is 0 Å². The smallest absolute Gasteiger partial charge is 0.0505 e. The van der Waals surface area contributed by atoms with Gasteiger partial charge in [-0.25, -0.2) is 0 Å². The normalized spacial score (nSPS) is 47.0. The van der Waals surface area contributed by atoms with E-state index in [4.69, 9.17) is 0 Å². The van der Waals surface area contributed by atoms with E-state index < -0.39 is 0 Å². The first kappa shape index (κ1) is 22.6. The molecule has 0 amide bonds. The van der Waals surface area contributed by atoms with Gasteiger partial charge in [0.2, 0.25) is 0 Å². The lowest BCUT2D eigenvalue weighted by atomic mass is 9.51. The average Bonchev–Trinajstić information content (AvgIpc) is 2.87. The molecule has 0 unspecified atom stereocenters. The van der Waals surface area contributed by atoms with Gasteiger partial charge in [-0.3, -0.25) is 0 Å². The summed E-state index contributed by atoms with van der Waals surface area (Å²) in [5, 5.41) is 14.0. The second kappa shape index (κ2) is 7.74. The third kappa shape index (κ3) is 3.02. The summed E-state index contributed by atoms with van der Waals surface area (Å²) in [7, 11) is 6.58. The summed E-state index contributed by atoms with van der Waals surface area (Å²) in [5.74, 6) is 1.95. The van der Waals surface area contributed by atoms with E-state index in [1.807, 2.05) is 0 Å². The van der Waals surface area contributed by atoms with Gasteiger partial charge in [-0.2, -0.15) is 0 Å². The zero-order valence-corrected chi connectivity index (χ0v) is 20.6. The summed E-state index contributed by atoms with van der Waals surface area (Å²) < 4.78 is 0. The second-order valence-corrected chi connectivity index (χ2v) is 12.0. The van der Waals surface area contributed by atoms with Crippen LogP contribution in [0.4, 0.5) is 0 Å². The number of nitrogens with one attached hydrogen (secondary N) is 1. The molecule has 0 radical (unpaired) electrons. The van der Waals surface area contributed by atoms with Crippen LogP contribution in [-0.4, -0.2) is 49.8 Å². The minimum Gasteiger partial charge on any atom is -0.396 e. The predicted octanol–water partition coefficient (Wildman–Crippen LogP) is 5.02. The Morgan fingerprint density at radius 2 is 1.80 bits per heavy atom. The first-order chi connectivity index (χ1) is 14.1. The summed E-state index contributed by atoms with van der Waals surface area (Å²) in [6.07, 6.45) is 14.0. The van der Waals surface area contributed by atoms with E-state index in [1.54, 1.807) is 11.1 Å². The van der Waals surface area contributed by atoms with E-state index >= 15 is 0 Å². The molecule has 3 nitrogen and oxygen atoms in total. The minimum atomic E-state index is -0.0469. The van der Waals surface area contributed by atoms with Crippen LogP contribution >= 0.6 is 0 Å². The average molecular weight is 415 g/mol. The quantitative estimate of drug-likeness (QED) is 0.678. The van der Waals surface area contributed by atoms with Gasteiger partial charge in [0.25, 0.3) is 0 Å². The fraction of sp³-hybridized carbons (Fsp3) is 0.852. The lowest BCUT2D eigenvalue weighted by molar-refractivity contribution is -0.0145. The molecule has 2 fully saturated rings. The van der Waals surface area contributed by atoms with Gasteiger partial charge in [0.1, 0.15) is 0 Å². The molecule has 0 spiro atoms. The van der Waals surface area contributed by atoms with E-state index in [9.17, 15) is 5.11 Å². The first-order valence-electron chi connectivity index (χ1n) is 12.5. The summed E-state index contributed by atoms with van der Waals surface area (Å²) in [6.45, 7) is 10.3. The Hall–Kier alpha value is -0.640. The maximum Gasteiger partial charge on any atom is 0.0505 e. The number of allylic oxidation sites excluding steroid dienone is 4. The molecule has 0 heterocycles. The van der Waals surface area contributed by atoms with E-state index in [2.05, 4.69) is 71.2 Å². The zero-order chi connectivity index (χ0) is 21.9. The van der Waals surface area contributed by atoms with E-state index in [0.29, 0.717) is 34.7 Å². The van der Waals surface area contributed by atoms with Gasteiger partial charge >= 0.3 is 0 Å². The van der Waals surface area contributed by atoms with Gasteiger partial charge in [-0.05, 0) is 107 Å². The second-order valence-electron chi connectivity index (χ2n) is 12.0. The molecule has 0 bridgehead atoms. The van der Waals surface area contributed by atoms with E-state index in [1.165, 1.54) is 38.5 Å². The third-order valence-corrected chi connectivity index (χ3v) is 11.0. The number of aliphatic hydroxyl groups is 1. The van der Waals surface area contributed by atoms with Crippen molar-refractivity contribution in [2.75, 3.05) is 27.7 Å². The van der Waals surface area contributed by atoms with Gasteiger partial charge in [0, 0.05) is 17.5 Å². The van der Waals surface area contributed by atoms with Crippen molar-refractivity contribution in [1.82, 2.24) is 10.2 Å². The van der Waals surface area contributed by atoms with Crippen LogP contribution in [0, 0.1) is 34.0 Å². The molecule has 2 N–H and O–H groups in total. The maximum absolute atomic E-state index is 10.4. The van der Waals surface area contributed by atoms with Crippen LogP contribution in [0.1, 0.15) is 72.6 Å². The Bertz CT molecular complexity index is 726. The van der Waals surface area contributed by atoms with Crippen LogP contribution in [0.5, 0.6) is 0 Å². The van der Waals surface area contributed by atoms with Crippen molar-refractivity contribution in [3.05, 3.63) is 23.3 Å². The Balaban J connectivity index is 1.69. The number of hydrogen-bond donors (Lipinski definition) is 2. The van der Waals surface area contributed by atoms with Crippen molar-refractivity contribution in [3.8, 4) is 0 Å². The van der Waals surface area contributed by atoms with Crippen molar-refractivity contribution < 1.29 is 5.11 Å². The molecule has 3 heteroatoms. The number of rotatable bonds is 4. The molecule has 0 aliphatic heterocycles. The van der Waals surface area contributed by atoms with Crippen molar-refractivity contribution in [2.24, 2.45) is 34.0 Å². The molecule has 4 aliphatic carbocycles. The SMILES string of the molecule is CN[C@H]1CCC2=CC3=CC[C@]4(C)[C@@H]([C@H](C)N(C)C)CC[C@@]4(C)[C@@H]3CC[C@H]2[C@@]1(C)CO. The minimum absolute atomic E-state index is 0.0469. The van der Waals surface area contributed by atoms with Crippen LogP contribution in [0.2, 0.25) is 0 Å². The predicted molar refractivity (Wildman–Crippen MR) is 126 cm³/mol. The maximum atomic E-state index is 10.4. The Morgan fingerprint density at radius 1 is 1.10 bits per heavy atom. The van der Waals surface area contributed by atoms with Gasteiger partial charge in [-0.15, -0.1) is 0 Å². The Morgan fingerprint density at radius 3 is 2.43 bits per heavy atom. The van der Waals surface area contributed by atoms with E-state index in [0.717, 1.165) is 12.3 Å². The molecule has 0 saturated heterocycles. The molecule has 0 aromatic heterocycles. The molecule has 4 aliphatic rings. The zero-order valence-electron chi connectivity index (χ0n) is 20.6. The fourth-order valence-corrected chi connectivity index (χ4v) is 8.47. The molecular formula is C27H46N2O. The van der Waals surface area contributed by atoms with Crippen LogP contribution in [0.25, 0.3) is 0 Å². The monoisotopic (exact) mass is 414 g/mol. The summed E-state index contributed by atoms with van der Waals surface area (Å²) >= 11 is 0. The largest absolute Gasteiger partial charge is 0.396 e. The number of fused-ring (bicyclic) bond motifs is 4. The molecule has 4 rings (SSSR count). The number of aliphatic hydroxyl groups excluding tert-OH is 1. The highest BCUT2D eigenvalue weighted by Gasteiger charge is 2.61. The number of nitrogens with zero attached hydrogens (tertiary/aromatic N) is 1. The Kier molecular flexibility index (Phi) is 5.82. The van der Waals surface area contributed by atoms with Crippen molar-refractivity contribution in [1.29, 1.82) is 0 Å². The number of hydrogen-bond acceptors (Lipinski definition) is 3. The highest BCUT2D eigenvalue weighted by Crippen LogP contribution is 2.68. The summed E-state index contributed by atoms with van der Waals surface area (Å²) in [6, 6.07) is 1.05. The summed E-state index contributed by atoms with van der Waals surface area (Å²) in [5.41, 5.74) is 3.97. The summed E-state index contributed by atoms with van der Waals surface area (Å²) in [4.78, 5) is 2.44. The lowest BCUT2D eigenvalue weighted by Crippen LogP contribution is -2.52. The molecular weight excluding hydrogens is 368 g/mol. The molecule has 2 saturated carbocycles. The molecule has 0 aromatic rings. The van der Waals surface area contributed by atoms with Crippen molar-refractivity contribution in [2.45, 2.75) is 84.7 Å². The van der Waals surface area contributed by atoms with Gasteiger partial charge in [0.15, 0.2) is 0 Å². The van der Waals surface area contributed by atoms with Crippen molar-refractivity contribution >= 4 is 0 Å². The highest BCUT2D eigenvalue weighted by molar-refractivity contribution is 5.37. The molecule has 0 aromatic carbocycles. The topological polar surface area (TPSA) is 35.5 Å². The van der Waals surface area contributed by atoms with Crippen LogP contribution in [-0.2, 0) is 0 Å².